The molecule has 0 saturated carbocycles. The summed E-state index contributed by atoms with van der Waals surface area (Å²) in [4.78, 5) is 25.2. The normalized spacial score (nSPS) is 10.9. The van der Waals surface area contributed by atoms with Crippen molar-refractivity contribution in [2.45, 2.75) is 19.8 Å². The molecule has 0 fully saturated rings. The maximum Gasteiger partial charge on any atom is 0.343 e. The number of rotatable bonds is 9. The maximum atomic E-state index is 12.7. The van der Waals surface area contributed by atoms with E-state index < -0.39 is 11.9 Å². The number of fused-ring (bicyclic) bond motifs is 1. The van der Waals surface area contributed by atoms with Crippen LogP contribution in [-0.4, -0.2) is 26.2 Å². The van der Waals surface area contributed by atoms with Gasteiger partial charge in [-0.15, -0.1) is 0 Å². The first kappa shape index (κ1) is 25.5. The molecule has 37 heavy (non-hydrogen) atoms. The van der Waals surface area contributed by atoms with Gasteiger partial charge in [0, 0.05) is 11.5 Å². The monoisotopic (exact) mass is 496 g/mol. The number of ether oxygens (including phenoxy) is 4. The van der Waals surface area contributed by atoms with Crippen LogP contribution in [0.25, 0.3) is 16.8 Å². The van der Waals surface area contributed by atoms with Gasteiger partial charge >= 0.3 is 11.9 Å². The number of aryl methyl sites for hydroxylation is 1. The second-order valence-electron chi connectivity index (χ2n) is 8.29. The Balaban J connectivity index is 1.49. The van der Waals surface area contributed by atoms with Crippen molar-refractivity contribution in [3.8, 4) is 23.0 Å². The standard InChI is InChI=1S/C31H28O6/c1-4-7-23-20-25(36-31(33)22-10-14-24(34-2)15-11-22)16-18-28(23)37-30(32)19-13-21-12-17-29(35-3)27-9-6-5-8-26(21)27/h5-6,8-20H,4,7H2,1-3H3/b19-13+. The van der Waals surface area contributed by atoms with E-state index >= 15 is 0 Å². The summed E-state index contributed by atoms with van der Waals surface area (Å²) in [6.07, 6.45) is 4.62. The molecule has 6 nitrogen and oxygen atoms in total. The zero-order valence-corrected chi connectivity index (χ0v) is 21.0. The van der Waals surface area contributed by atoms with E-state index in [0.717, 1.165) is 34.1 Å². The quantitative estimate of drug-likeness (QED) is 0.147. The fraction of sp³-hybridized carbons (Fsp3) is 0.161. The third-order valence-corrected chi connectivity index (χ3v) is 5.83. The van der Waals surface area contributed by atoms with E-state index in [1.165, 1.54) is 6.08 Å². The fourth-order valence-corrected chi connectivity index (χ4v) is 3.99. The highest BCUT2D eigenvalue weighted by Crippen LogP contribution is 2.30. The van der Waals surface area contributed by atoms with Crippen molar-refractivity contribution < 1.29 is 28.5 Å². The van der Waals surface area contributed by atoms with Gasteiger partial charge in [-0.1, -0.05) is 43.7 Å². The molecule has 0 aliphatic heterocycles. The molecular formula is C31H28O6. The molecule has 4 aromatic rings. The molecule has 0 spiro atoms. The molecule has 0 saturated heterocycles. The van der Waals surface area contributed by atoms with Gasteiger partial charge < -0.3 is 18.9 Å². The molecule has 0 aromatic heterocycles. The molecule has 188 valence electrons. The van der Waals surface area contributed by atoms with Crippen LogP contribution in [0.5, 0.6) is 23.0 Å². The highest BCUT2D eigenvalue weighted by Gasteiger charge is 2.13. The lowest BCUT2D eigenvalue weighted by Gasteiger charge is -2.11. The molecule has 0 unspecified atom stereocenters. The fourth-order valence-electron chi connectivity index (χ4n) is 3.99. The minimum atomic E-state index is -0.500. The Morgan fingerprint density at radius 1 is 0.757 bits per heavy atom. The first-order valence-corrected chi connectivity index (χ1v) is 12.0. The van der Waals surface area contributed by atoms with Gasteiger partial charge in [-0.3, -0.25) is 0 Å². The number of hydrogen-bond donors (Lipinski definition) is 0. The Hall–Kier alpha value is -4.58. The molecule has 0 heterocycles. The van der Waals surface area contributed by atoms with Gasteiger partial charge in [0.25, 0.3) is 0 Å². The molecule has 4 aromatic carbocycles. The third kappa shape index (κ3) is 6.16. The predicted molar refractivity (Wildman–Crippen MR) is 144 cm³/mol. The average Bonchev–Trinajstić information content (AvgIpc) is 2.93. The molecule has 6 heteroatoms. The molecule has 0 radical (unpaired) electrons. The molecule has 0 aliphatic carbocycles. The van der Waals surface area contributed by atoms with Gasteiger partial charge in [0.15, 0.2) is 0 Å². The summed E-state index contributed by atoms with van der Waals surface area (Å²) < 4.78 is 21.7. The lowest BCUT2D eigenvalue weighted by atomic mass is 10.0. The van der Waals surface area contributed by atoms with Crippen LogP contribution in [-0.2, 0) is 11.2 Å². The van der Waals surface area contributed by atoms with Crippen LogP contribution in [0.3, 0.4) is 0 Å². The highest BCUT2D eigenvalue weighted by molar-refractivity contribution is 5.98. The van der Waals surface area contributed by atoms with E-state index in [-0.39, 0.29) is 0 Å². The zero-order valence-electron chi connectivity index (χ0n) is 21.0. The minimum absolute atomic E-state index is 0.379. The smallest absolute Gasteiger partial charge is 0.343 e. The first-order chi connectivity index (χ1) is 18.0. The summed E-state index contributed by atoms with van der Waals surface area (Å²) in [6, 6.07) is 23.3. The Labute approximate surface area is 216 Å². The summed E-state index contributed by atoms with van der Waals surface area (Å²) >= 11 is 0. The molecule has 0 aliphatic rings. The van der Waals surface area contributed by atoms with Gasteiger partial charge in [0.2, 0.25) is 0 Å². The van der Waals surface area contributed by atoms with Crippen LogP contribution < -0.4 is 18.9 Å². The highest BCUT2D eigenvalue weighted by atomic mass is 16.5. The van der Waals surface area contributed by atoms with Crippen molar-refractivity contribution in [3.05, 3.63) is 102 Å². The van der Waals surface area contributed by atoms with Crippen molar-refractivity contribution in [1.29, 1.82) is 0 Å². The molecule has 0 atom stereocenters. The summed E-state index contributed by atoms with van der Waals surface area (Å²) in [7, 11) is 3.20. The second kappa shape index (κ2) is 11.9. The molecular weight excluding hydrogens is 468 g/mol. The van der Waals surface area contributed by atoms with E-state index in [2.05, 4.69) is 0 Å². The van der Waals surface area contributed by atoms with Crippen LogP contribution in [0.15, 0.2) is 84.9 Å². The second-order valence-corrected chi connectivity index (χ2v) is 8.29. The van der Waals surface area contributed by atoms with E-state index in [0.29, 0.717) is 29.2 Å². The van der Waals surface area contributed by atoms with E-state index in [9.17, 15) is 9.59 Å². The zero-order chi connectivity index (χ0) is 26.2. The van der Waals surface area contributed by atoms with E-state index in [4.69, 9.17) is 18.9 Å². The van der Waals surface area contributed by atoms with Gasteiger partial charge in [0.1, 0.15) is 23.0 Å². The third-order valence-electron chi connectivity index (χ3n) is 5.83. The van der Waals surface area contributed by atoms with Crippen LogP contribution in [0.2, 0.25) is 0 Å². The summed E-state index contributed by atoms with van der Waals surface area (Å²) in [5.41, 5.74) is 2.06. The Morgan fingerprint density at radius 3 is 2.16 bits per heavy atom. The predicted octanol–water partition coefficient (Wildman–Crippen LogP) is 6.65. The first-order valence-electron chi connectivity index (χ1n) is 12.0. The number of hydrogen-bond acceptors (Lipinski definition) is 6. The van der Waals surface area contributed by atoms with Gasteiger partial charge in [-0.25, -0.2) is 9.59 Å². The lowest BCUT2D eigenvalue weighted by Crippen LogP contribution is -2.10. The van der Waals surface area contributed by atoms with Crippen LogP contribution >= 0.6 is 0 Å². The largest absolute Gasteiger partial charge is 0.497 e. The van der Waals surface area contributed by atoms with Gasteiger partial charge in [-0.2, -0.15) is 0 Å². The van der Waals surface area contributed by atoms with Gasteiger partial charge in [0.05, 0.1) is 19.8 Å². The Kier molecular flexibility index (Phi) is 8.21. The van der Waals surface area contributed by atoms with Crippen LogP contribution in [0.4, 0.5) is 0 Å². The number of carbonyl (C=O) groups excluding carboxylic acids is 2. The molecule has 4 rings (SSSR count). The topological polar surface area (TPSA) is 71.1 Å². The number of esters is 2. The van der Waals surface area contributed by atoms with E-state index in [1.54, 1.807) is 62.8 Å². The van der Waals surface area contributed by atoms with Crippen molar-refractivity contribution in [1.82, 2.24) is 0 Å². The van der Waals surface area contributed by atoms with Crippen molar-refractivity contribution >= 4 is 28.8 Å². The Morgan fingerprint density at radius 2 is 1.46 bits per heavy atom. The number of benzene rings is 4. The summed E-state index contributed by atoms with van der Waals surface area (Å²) in [5, 5.41) is 1.94. The number of methoxy groups -OCH3 is 2. The Bertz CT molecular complexity index is 1440. The SMILES string of the molecule is CCCc1cc(OC(=O)c2ccc(OC)cc2)ccc1OC(=O)/C=C/c1ccc(OC)c2ccccc12. The van der Waals surface area contributed by atoms with Crippen LogP contribution in [0, 0.1) is 0 Å². The summed E-state index contributed by atoms with van der Waals surface area (Å²) in [5.74, 6) is 1.25. The van der Waals surface area contributed by atoms with Crippen molar-refractivity contribution in [2.24, 2.45) is 0 Å². The van der Waals surface area contributed by atoms with Crippen molar-refractivity contribution in [2.75, 3.05) is 14.2 Å². The lowest BCUT2D eigenvalue weighted by molar-refractivity contribution is -0.128. The minimum Gasteiger partial charge on any atom is -0.497 e. The summed E-state index contributed by atoms with van der Waals surface area (Å²) in [6.45, 7) is 2.02. The maximum absolute atomic E-state index is 12.7. The molecule has 0 bridgehead atoms. The molecule has 0 amide bonds. The molecule has 0 N–H and O–H groups in total. The van der Waals surface area contributed by atoms with Crippen molar-refractivity contribution in [3.63, 3.8) is 0 Å². The number of carbonyl (C=O) groups is 2. The van der Waals surface area contributed by atoms with Crippen LogP contribution in [0.1, 0.15) is 34.8 Å². The average molecular weight is 497 g/mol. The van der Waals surface area contributed by atoms with Gasteiger partial charge in [-0.05, 0) is 77.5 Å². The van der Waals surface area contributed by atoms with E-state index in [1.807, 2.05) is 43.3 Å².